The van der Waals surface area contributed by atoms with Gasteiger partial charge in [-0.15, -0.1) is 0 Å². The number of aliphatic hydroxyl groups excluding tert-OH is 2. The molecule has 4 heterocycles. The van der Waals surface area contributed by atoms with Crippen molar-refractivity contribution >= 4 is 28.2 Å². The van der Waals surface area contributed by atoms with Crippen LogP contribution >= 0.6 is 0 Å². The predicted molar refractivity (Wildman–Crippen MR) is 118 cm³/mol. The van der Waals surface area contributed by atoms with Gasteiger partial charge in [0.2, 0.25) is 0 Å². The summed E-state index contributed by atoms with van der Waals surface area (Å²) in [6.07, 6.45) is 7.90. The maximum Gasteiger partial charge on any atom is 0.143 e. The minimum atomic E-state index is -0.809. The minimum Gasteiger partial charge on any atom is -0.390 e. The van der Waals surface area contributed by atoms with E-state index in [1.54, 1.807) is 6.20 Å². The number of aliphatic hydroxyl groups is 2. The highest BCUT2D eigenvalue weighted by molar-refractivity contribution is 5.91. The number of rotatable bonds is 4. The summed E-state index contributed by atoms with van der Waals surface area (Å²) in [5.41, 5.74) is 5.12. The Hall–Kier alpha value is -3.16. The molecule has 1 saturated carbocycles. The van der Waals surface area contributed by atoms with Gasteiger partial charge in [0.05, 0.1) is 29.9 Å². The van der Waals surface area contributed by atoms with E-state index in [4.69, 9.17) is 4.98 Å². The van der Waals surface area contributed by atoms with Gasteiger partial charge in [0.15, 0.2) is 0 Å². The summed E-state index contributed by atoms with van der Waals surface area (Å²) in [7, 11) is 0. The van der Waals surface area contributed by atoms with E-state index >= 15 is 0 Å². The molecule has 0 amide bonds. The lowest BCUT2D eigenvalue weighted by Crippen LogP contribution is -2.29. The largest absolute Gasteiger partial charge is 0.390 e. The number of aryl methyl sites for hydroxylation is 1. The zero-order chi connectivity index (χ0) is 20.9. The third kappa shape index (κ3) is 3.12. The first-order valence-electron chi connectivity index (χ1n) is 10.7. The van der Waals surface area contributed by atoms with E-state index in [1.165, 1.54) is 11.9 Å². The fourth-order valence-corrected chi connectivity index (χ4v) is 5.07. The highest BCUT2D eigenvalue weighted by Crippen LogP contribution is 2.39. The van der Waals surface area contributed by atoms with Gasteiger partial charge in [-0.05, 0) is 48.9 Å². The average molecular weight is 413 g/mol. The number of aromatic nitrogens is 4. The molecule has 0 radical (unpaired) electrons. The van der Waals surface area contributed by atoms with Crippen LogP contribution in [0.1, 0.15) is 35.7 Å². The number of nitrogens with zero attached hydrogens (tertiary/aromatic N) is 5. The summed E-state index contributed by atoms with van der Waals surface area (Å²) in [5, 5.41) is 23.5. The minimum absolute atomic E-state index is 0.0244. The molecule has 2 N–H and O–H groups in total. The third-order valence-electron chi connectivity index (χ3n) is 6.78. The molecule has 3 aromatic heterocycles. The van der Waals surface area contributed by atoms with E-state index < -0.39 is 12.2 Å². The van der Waals surface area contributed by atoms with Crippen molar-refractivity contribution in [3.63, 3.8) is 0 Å². The lowest BCUT2D eigenvalue weighted by Gasteiger charge is -2.18. The molecule has 7 heteroatoms. The van der Waals surface area contributed by atoms with E-state index in [9.17, 15) is 10.2 Å². The highest BCUT2D eigenvalue weighted by atomic mass is 16.3. The second kappa shape index (κ2) is 7.21. The van der Waals surface area contributed by atoms with Crippen LogP contribution in [0.5, 0.6) is 0 Å². The van der Waals surface area contributed by atoms with Crippen molar-refractivity contribution in [1.29, 1.82) is 0 Å². The second-order valence-electron chi connectivity index (χ2n) is 8.63. The molecule has 1 aliphatic carbocycles. The van der Waals surface area contributed by atoms with Crippen LogP contribution in [0.4, 0.5) is 0 Å². The maximum absolute atomic E-state index is 10.8. The van der Waals surface area contributed by atoms with Crippen LogP contribution in [-0.4, -0.2) is 48.2 Å². The van der Waals surface area contributed by atoms with Gasteiger partial charge in [0.1, 0.15) is 18.1 Å². The average Bonchev–Trinajstić information content (AvgIpc) is 3.49. The van der Waals surface area contributed by atoms with Crippen molar-refractivity contribution in [2.75, 3.05) is 0 Å². The Kier molecular flexibility index (Phi) is 4.33. The van der Waals surface area contributed by atoms with Gasteiger partial charge >= 0.3 is 0 Å². The van der Waals surface area contributed by atoms with Gasteiger partial charge in [0, 0.05) is 34.9 Å². The molecule has 156 valence electrons. The zero-order valence-electron chi connectivity index (χ0n) is 17.0. The molecule has 0 saturated heterocycles. The Morgan fingerprint density at radius 3 is 2.94 bits per heavy atom. The molecule has 1 aromatic carbocycles. The summed E-state index contributed by atoms with van der Waals surface area (Å²) in [6, 6.07) is 10.3. The summed E-state index contributed by atoms with van der Waals surface area (Å²) in [5.74, 6) is 0.0244. The summed E-state index contributed by atoms with van der Waals surface area (Å²) < 4.78 is 1.98. The summed E-state index contributed by atoms with van der Waals surface area (Å²) >= 11 is 0. The number of aliphatic imine (C=N–C) groups is 1. The number of hydrogen-bond acceptors (Lipinski definition) is 6. The van der Waals surface area contributed by atoms with Crippen LogP contribution in [-0.2, 0) is 13.0 Å². The molecule has 0 spiro atoms. The van der Waals surface area contributed by atoms with Crippen LogP contribution in [0, 0.1) is 5.92 Å². The number of pyridine rings is 1. The van der Waals surface area contributed by atoms with Crippen LogP contribution in [0.15, 0.2) is 54.0 Å². The van der Waals surface area contributed by atoms with Gasteiger partial charge < -0.3 is 14.8 Å². The van der Waals surface area contributed by atoms with E-state index in [2.05, 4.69) is 39.2 Å². The molecule has 0 unspecified atom stereocenters. The molecular formula is C24H23N5O2. The second-order valence-corrected chi connectivity index (χ2v) is 8.63. The van der Waals surface area contributed by atoms with E-state index in [-0.39, 0.29) is 12.0 Å². The Labute approximate surface area is 179 Å². The highest BCUT2D eigenvalue weighted by Gasteiger charge is 2.42. The Balaban J connectivity index is 1.20. The van der Waals surface area contributed by atoms with Gasteiger partial charge in [-0.25, -0.2) is 9.97 Å². The van der Waals surface area contributed by atoms with Crippen molar-refractivity contribution in [1.82, 2.24) is 19.5 Å². The zero-order valence-corrected chi connectivity index (χ0v) is 17.0. The Bertz CT molecular complexity index is 1310. The maximum atomic E-state index is 10.8. The third-order valence-corrected chi connectivity index (χ3v) is 6.78. The van der Waals surface area contributed by atoms with Crippen LogP contribution in [0.2, 0.25) is 0 Å². The first kappa shape index (κ1) is 18.6. The van der Waals surface area contributed by atoms with Crippen LogP contribution in [0.25, 0.3) is 21.9 Å². The van der Waals surface area contributed by atoms with Crippen molar-refractivity contribution in [3.05, 3.63) is 65.9 Å². The molecule has 1 aliphatic heterocycles. The topological polar surface area (TPSA) is 96.4 Å². The SMILES string of the molecule is O[C@@H]1[C@@H](CCc2ccc3cc4c(nc3c2)CN=C4)C[C@@H](n2ccc3cncnc32)[C@@H]1O. The fourth-order valence-electron chi connectivity index (χ4n) is 5.07. The first-order valence-corrected chi connectivity index (χ1v) is 10.7. The van der Waals surface area contributed by atoms with E-state index in [1.807, 2.05) is 23.0 Å². The summed E-state index contributed by atoms with van der Waals surface area (Å²) in [6.45, 7) is 0.655. The Morgan fingerprint density at radius 2 is 2.00 bits per heavy atom. The lowest BCUT2D eigenvalue weighted by atomic mass is 9.95. The molecule has 4 atom stereocenters. The number of fused-ring (bicyclic) bond motifs is 3. The van der Waals surface area contributed by atoms with Crippen molar-refractivity contribution in [2.45, 2.75) is 44.1 Å². The summed E-state index contributed by atoms with van der Waals surface area (Å²) in [4.78, 5) is 17.5. The molecule has 2 aliphatic rings. The van der Waals surface area contributed by atoms with Crippen molar-refractivity contribution in [2.24, 2.45) is 10.9 Å². The van der Waals surface area contributed by atoms with Gasteiger partial charge in [0.25, 0.3) is 0 Å². The van der Waals surface area contributed by atoms with Crippen molar-refractivity contribution in [3.8, 4) is 0 Å². The standard InChI is InChI=1S/C24H23N5O2/c30-22-16(9-21(23(22)31)29-6-5-17-10-26-13-27-24(17)29)4-2-14-1-3-15-8-18-11-25-12-20(18)28-19(15)7-14/h1,3,5-8,10-11,13,16,21-23,30-31H,2,4,9,12H2/t16-,21+,22+,23-/m0/s1. The lowest BCUT2D eigenvalue weighted by molar-refractivity contribution is 0.00545. The number of hydrogen-bond donors (Lipinski definition) is 2. The first-order chi connectivity index (χ1) is 15.2. The fraction of sp³-hybridized carbons (Fsp3) is 0.333. The van der Waals surface area contributed by atoms with E-state index in [0.717, 1.165) is 46.0 Å². The van der Waals surface area contributed by atoms with Crippen LogP contribution < -0.4 is 0 Å². The van der Waals surface area contributed by atoms with E-state index in [0.29, 0.717) is 13.0 Å². The Morgan fingerprint density at radius 1 is 1.06 bits per heavy atom. The van der Waals surface area contributed by atoms with Crippen molar-refractivity contribution < 1.29 is 10.2 Å². The molecule has 7 nitrogen and oxygen atoms in total. The van der Waals surface area contributed by atoms with Gasteiger partial charge in [-0.1, -0.05) is 12.1 Å². The predicted octanol–water partition coefficient (Wildman–Crippen LogP) is 2.83. The van der Waals surface area contributed by atoms with Crippen LogP contribution in [0.3, 0.4) is 0 Å². The molecule has 31 heavy (non-hydrogen) atoms. The monoisotopic (exact) mass is 413 g/mol. The van der Waals surface area contributed by atoms with Gasteiger partial charge in [-0.3, -0.25) is 9.98 Å². The molecule has 6 rings (SSSR count). The quantitative estimate of drug-likeness (QED) is 0.536. The molecule has 0 bridgehead atoms. The van der Waals surface area contributed by atoms with Gasteiger partial charge in [-0.2, -0.15) is 0 Å². The normalized spacial score (nSPS) is 25.0. The number of benzene rings is 1. The molecule has 1 fully saturated rings. The smallest absolute Gasteiger partial charge is 0.143 e. The molecular weight excluding hydrogens is 390 g/mol. The molecule has 4 aromatic rings.